The molecular formula is C23H22ClN3O6S. The lowest BCUT2D eigenvalue weighted by Crippen LogP contribution is -2.20. The zero-order valence-corrected chi connectivity index (χ0v) is 19.9. The molecule has 0 aromatic heterocycles. The summed E-state index contributed by atoms with van der Waals surface area (Å²) in [5.41, 5.74) is 1.43. The number of ether oxygens (including phenoxy) is 2. The van der Waals surface area contributed by atoms with Crippen molar-refractivity contribution in [3.05, 3.63) is 71.8 Å². The molecule has 2 amide bonds. The molecular weight excluding hydrogens is 482 g/mol. The molecule has 9 nitrogen and oxygen atoms in total. The predicted molar refractivity (Wildman–Crippen MR) is 130 cm³/mol. The topological polar surface area (TPSA) is 123 Å². The first kappa shape index (κ1) is 24.9. The third-order valence-corrected chi connectivity index (χ3v) is 6.09. The first-order chi connectivity index (χ1) is 16.2. The number of hydrogen-bond donors (Lipinski definition) is 3. The minimum absolute atomic E-state index is 0.00972. The van der Waals surface area contributed by atoms with Gasteiger partial charge in [-0.1, -0.05) is 11.6 Å². The van der Waals surface area contributed by atoms with Gasteiger partial charge in [0.15, 0.2) is 6.61 Å². The molecule has 0 aliphatic heterocycles. The average molecular weight is 504 g/mol. The van der Waals surface area contributed by atoms with E-state index in [1.54, 1.807) is 30.3 Å². The van der Waals surface area contributed by atoms with E-state index in [0.717, 1.165) is 0 Å². The second kappa shape index (κ2) is 10.9. The Morgan fingerprint density at radius 3 is 2.03 bits per heavy atom. The molecule has 3 aromatic carbocycles. The molecule has 0 saturated heterocycles. The Morgan fingerprint density at radius 2 is 1.47 bits per heavy atom. The fourth-order valence-corrected chi connectivity index (χ4v) is 4.15. The summed E-state index contributed by atoms with van der Waals surface area (Å²) in [7, 11) is -2.40. The van der Waals surface area contributed by atoms with Gasteiger partial charge in [0.25, 0.3) is 15.9 Å². The Bertz CT molecular complexity index is 1280. The normalized spacial score (nSPS) is 10.8. The quantitative estimate of drug-likeness (QED) is 0.403. The number of anilines is 3. The Hall–Kier alpha value is -3.76. The van der Waals surface area contributed by atoms with Crippen molar-refractivity contribution in [2.24, 2.45) is 0 Å². The highest BCUT2D eigenvalue weighted by Crippen LogP contribution is 2.28. The molecule has 0 radical (unpaired) electrons. The number of carbonyl (C=O) groups excluding carboxylic acids is 2. The fourth-order valence-electron chi connectivity index (χ4n) is 2.85. The smallest absolute Gasteiger partial charge is 0.262 e. The van der Waals surface area contributed by atoms with Crippen molar-refractivity contribution in [1.82, 2.24) is 0 Å². The molecule has 0 unspecified atom stereocenters. The number of halogens is 1. The monoisotopic (exact) mass is 503 g/mol. The molecule has 0 spiro atoms. The van der Waals surface area contributed by atoms with Gasteiger partial charge < -0.3 is 20.1 Å². The number of methoxy groups -OCH3 is 1. The summed E-state index contributed by atoms with van der Waals surface area (Å²) < 4.78 is 38.2. The van der Waals surface area contributed by atoms with E-state index in [4.69, 9.17) is 21.1 Å². The third kappa shape index (κ3) is 6.87. The van der Waals surface area contributed by atoms with E-state index in [0.29, 0.717) is 22.9 Å². The van der Waals surface area contributed by atoms with Crippen LogP contribution in [-0.4, -0.2) is 33.9 Å². The van der Waals surface area contributed by atoms with Crippen molar-refractivity contribution < 1.29 is 27.5 Å². The number of benzene rings is 3. The molecule has 178 valence electrons. The van der Waals surface area contributed by atoms with Crippen LogP contribution in [0, 0.1) is 0 Å². The minimum Gasteiger partial charge on any atom is -0.495 e. The molecule has 11 heteroatoms. The lowest BCUT2D eigenvalue weighted by Gasteiger charge is -2.11. The van der Waals surface area contributed by atoms with Crippen LogP contribution in [-0.2, 0) is 19.6 Å². The number of amides is 2. The van der Waals surface area contributed by atoms with E-state index in [9.17, 15) is 18.0 Å². The van der Waals surface area contributed by atoms with Crippen LogP contribution in [0.1, 0.15) is 6.92 Å². The second-order valence-corrected chi connectivity index (χ2v) is 9.11. The molecule has 34 heavy (non-hydrogen) atoms. The minimum atomic E-state index is -3.86. The molecule has 0 aliphatic rings. The molecule has 0 atom stereocenters. The van der Waals surface area contributed by atoms with E-state index < -0.39 is 15.9 Å². The first-order valence-electron chi connectivity index (χ1n) is 9.93. The Balaban J connectivity index is 1.55. The number of carbonyl (C=O) groups is 2. The van der Waals surface area contributed by atoms with Crippen molar-refractivity contribution in [1.29, 1.82) is 0 Å². The maximum Gasteiger partial charge on any atom is 0.262 e. The SMILES string of the molecule is COc1ccc(NS(=O)(=O)c2ccc(OCC(=O)Nc3ccc(NC(C)=O)cc3)cc2)cc1Cl. The molecule has 0 fully saturated rings. The summed E-state index contributed by atoms with van der Waals surface area (Å²) in [4.78, 5) is 23.2. The van der Waals surface area contributed by atoms with Gasteiger partial charge in [0.05, 0.1) is 22.7 Å². The Labute approximate surface area is 202 Å². The standard InChI is InChI=1S/C23H22ClN3O6S/c1-15(28)25-16-3-5-17(6-4-16)26-23(29)14-33-19-8-10-20(11-9-19)34(30,31)27-18-7-12-22(32-2)21(24)13-18/h3-13,27H,14H2,1-2H3,(H,25,28)(H,26,29). The van der Waals surface area contributed by atoms with Crippen LogP contribution >= 0.6 is 11.6 Å². The summed E-state index contributed by atoms with van der Waals surface area (Å²) in [5, 5.41) is 5.57. The van der Waals surface area contributed by atoms with Gasteiger partial charge in [-0.25, -0.2) is 8.42 Å². The van der Waals surface area contributed by atoms with Crippen LogP contribution in [0.4, 0.5) is 17.1 Å². The summed E-state index contributed by atoms with van der Waals surface area (Å²) in [6.45, 7) is 1.13. The fraction of sp³-hybridized carbons (Fsp3) is 0.130. The van der Waals surface area contributed by atoms with Crippen molar-refractivity contribution in [3.8, 4) is 11.5 Å². The van der Waals surface area contributed by atoms with Gasteiger partial charge in [-0.15, -0.1) is 0 Å². The van der Waals surface area contributed by atoms with Crippen LogP contribution in [0.2, 0.25) is 5.02 Å². The molecule has 0 heterocycles. The number of rotatable bonds is 9. The van der Waals surface area contributed by atoms with Crippen LogP contribution in [0.25, 0.3) is 0 Å². The molecule has 3 N–H and O–H groups in total. The van der Waals surface area contributed by atoms with Gasteiger partial charge in [-0.2, -0.15) is 0 Å². The number of sulfonamides is 1. The van der Waals surface area contributed by atoms with E-state index >= 15 is 0 Å². The van der Waals surface area contributed by atoms with Crippen LogP contribution < -0.4 is 24.8 Å². The van der Waals surface area contributed by atoms with E-state index in [2.05, 4.69) is 15.4 Å². The Morgan fingerprint density at radius 1 is 0.882 bits per heavy atom. The lowest BCUT2D eigenvalue weighted by atomic mass is 10.2. The van der Waals surface area contributed by atoms with Gasteiger partial charge in [0.2, 0.25) is 5.91 Å². The lowest BCUT2D eigenvalue weighted by molar-refractivity contribution is -0.118. The van der Waals surface area contributed by atoms with Crippen LogP contribution in [0.3, 0.4) is 0 Å². The van der Waals surface area contributed by atoms with Gasteiger partial charge in [0.1, 0.15) is 11.5 Å². The summed E-state index contributed by atoms with van der Waals surface area (Å²) >= 11 is 6.04. The maximum atomic E-state index is 12.6. The van der Waals surface area contributed by atoms with Gasteiger partial charge in [-0.3, -0.25) is 14.3 Å². The summed E-state index contributed by atoms with van der Waals surface area (Å²) in [6, 6.07) is 16.8. The van der Waals surface area contributed by atoms with E-state index in [-0.39, 0.29) is 28.1 Å². The van der Waals surface area contributed by atoms with Crippen molar-refractivity contribution in [3.63, 3.8) is 0 Å². The second-order valence-electron chi connectivity index (χ2n) is 7.02. The van der Waals surface area contributed by atoms with Crippen molar-refractivity contribution >= 4 is 50.5 Å². The zero-order valence-electron chi connectivity index (χ0n) is 18.3. The maximum absolute atomic E-state index is 12.6. The largest absolute Gasteiger partial charge is 0.495 e. The van der Waals surface area contributed by atoms with Crippen molar-refractivity contribution in [2.75, 3.05) is 29.1 Å². The van der Waals surface area contributed by atoms with Crippen molar-refractivity contribution in [2.45, 2.75) is 11.8 Å². The molecule has 0 aliphatic carbocycles. The summed E-state index contributed by atoms with van der Waals surface area (Å²) in [5.74, 6) is 0.159. The predicted octanol–water partition coefficient (Wildman–Crippen LogP) is 4.13. The third-order valence-electron chi connectivity index (χ3n) is 4.40. The Kier molecular flexibility index (Phi) is 7.98. The van der Waals surface area contributed by atoms with Crippen LogP contribution in [0.15, 0.2) is 71.6 Å². The van der Waals surface area contributed by atoms with Gasteiger partial charge in [0, 0.05) is 18.3 Å². The zero-order chi connectivity index (χ0) is 24.7. The highest BCUT2D eigenvalue weighted by atomic mass is 35.5. The molecule has 0 saturated carbocycles. The molecule has 3 aromatic rings. The summed E-state index contributed by atoms with van der Waals surface area (Å²) in [6.07, 6.45) is 0. The van der Waals surface area contributed by atoms with E-state index in [1.807, 2.05) is 0 Å². The van der Waals surface area contributed by atoms with Gasteiger partial charge in [-0.05, 0) is 66.7 Å². The number of nitrogens with one attached hydrogen (secondary N) is 3. The first-order valence-corrected chi connectivity index (χ1v) is 11.8. The average Bonchev–Trinajstić information content (AvgIpc) is 2.79. The molecule has 0 bridgehead atoms. The number of hydrogen-bond acceptors (Lipinski definition) is 6. The van der Waals surface area contributed by atoms with Gasteiger partial charge >= 0.3 is 0 Å². The van der Waals surface area contributed by atoms with Crippen LogP contribution in [0.5, 0.6) is 11.5 Å². The van der Waals surface area contributed by atoms with E-state index in [1.165, 1.54) is 50.4 Å². The highest BCUT2D eigenvalue weighted by molar-refractivity contribution is 7.92. The molecule has 3 rings (SSSR count). The highest BCUT2D eigenvalue weighted by Gasteiger charge is 2.15.